The average molecular weight is 277 g/mol. The van der Waals surface area contributed by atoms with Gasteiger partial charge in [0, 0.05) is 40.6 Å². The van der Waals surface area contributed by atoms with Crippen LogP contribution in [0.5, 0.6) is 0 Å². The van der Waals surface area contributed by atoms with Gasteiger partial charge in [-0.3, -0.25) is 14.6 Å². The molecule has 0 spiro atoms. The molecule has 0 saturated carbocycles. The van der Waals surface area contributed by atoms with Gasteiger partial charge in [0.15, 0.2) is 11.6 Å². The molecule has 1 aromatic carbocycles. The van der Waals surface area contributed by atoms with Crippen LogP contribution in [-0.2, 0) is 6.42 Å². The van der Waals surface area contributed by atoms with Gasteiger partial charge in [0.05, 0.1) is 0 Å². The summed E-state index contributed by atoms with van der Waals surface area (Å²) in [6, 6.07) is 10.8. The van der Waals surface area contributed by atoms with Gasteiger partial charge < -0.3 is 0 Å². The van der Waals surface area contributed by atoms with Crippen LogP contribution < -0.4 is 0 Å². The van der Waals surface area contributed by atoms with Gasteiger partial charge in [-0.1, -0.05) is 30.3 Å². The van der Waals surface area contributed by atoms with E-state index in [-0.39, 0.29) is 11.6 Å². The van der Waals surface area contributed by atoms with Gasteiger partial charge in [0.25, 0.3) is 0 Å². The topological polar surface area (TPSA) is 47.0 Å². The van der Waals surface area contributed by atoms with E-state index in [9.17, 15) is 9.59 Å². The largest absolute Gasteiger partial charge is 0.289 e. The van der Waals surface area contributed by atoms with E-state index in [1.54, 1.807) is 37.4 Å². The molecule has 104 valence electrons. The number of carbonyl (C=O) groups excluding carboxylic acids is 2. The predicted octanol–water partition coefficient (Wildman–Crippen LogP) is 3.33. The molecular formula is C18H15NO2. The maximum Gasteiger partial charge on any atom is 0.190 e. The molecule has 0 N–H and O–H groups in total. The number of hydrogen-bond acceptors (Lipinski definition) is 3. The maximum absolute atomic E-state index is 12.6. The SMILES string of the molecule is CC1=C(Cc2ccc(C)cn2)C(=O)c2ccccc2C1=O. The normalized spacial score (nSPS) is 14.4. The number of Topliss-reactive ketones (excluding diaryl/α,β-unsaturated/α-hetero) is 2. The summed E-state index contributed by atoms with van der Waals surface area (Å²) >= 11 is 0. The number of aryl methyl sites for hydroxylation is 1. The van der Waals surface area contributed by atoms with Crippen molar-refractivity contribution in [2.75, 3.05) is 0 Å². The van der Waals surface area contributed by atoms with Crippen LogP contribution in [0.15, 0.2) is 53.7 Å². The number of carbonyl (C=O) groups is 2. The first kappa shape index (κ1) is 13.4. The number of allylic oxidation sites excluding steroid dienone is 2. The third-order valence-corrected chi connectivity index (χ3v) is 3.81. The Morgan fingerprint density at radius 3 is 2.19 bits per heavy atom. The van der Waals surface area contributed by atoms with E-state index in [1.807, 2.05) is 19.1 Å². The average Bonchev–Trinajstić information content (AvgIpc) is 2.51. The highest BCUT2D eigenvalue weighted by atomic mass is 16.1. The Morgan fingerprint density at radius 1 is 0.905 bits per heavy atom. The van der Waals surface area contributed by atoms with Crippen LogP contribution in [0.4, 0.5) is 0 Å². The molecular weight excluding hydrogens is 262 g/mol. The highest BCUT2D eigenvalue weighted by Crippen LogP contribution is 2.27. The number of nitrogens with zero attached hydrogens (tertiary/aromatic N) is 1. The van der Waals surface area contributed by atoms with Gasteiger partial charge in [0.1, 0.15) is 0 Å². The Labute approximate surface area is 123 Å². The van der Waals surface area contributed by atoms with Crippen LogP contribution in [0.1, 0.15) is 38.9 Å². The molecule has 1 aromatic heterocycles. The fourth-order valence-corrected chi connectivity index (χ4v) is 2.55. The van der Waals surface area contributed by atoms with E-state index in [1.165, 1.54) is 0 Å². The van der Waals surface area contributed by atoms with Gasteiger partial charge in [-0.15, -0.1) is 0 Å². The fraction of sp³-hybridized carbons (Fsp3) is 0.167. The van der Waals surface area contributed by atoms with Crippen LogP contribution in [0.25, 0.3) is 0 Å². The summed E-state index contributed by atoms with van der Waals surface area (Å²) in [4.78, 5) is 29.3. The van der Waals surface area contributed by atoms with Crippen molar-refractivity contribution in [2.45, 2.75) is 20.3 Å². The molecule has 0 radical (unpaired) electrons. The van der Waals surface area contributed by atoms with Gasteiger partial charge in [-0.05, 0) is 25.5 Å². The second-order valence-electron chi connectivity index (χ2n) is 5.31. The van der Waals surface area contributed by atoms with Gasteiger partial charge in [0.2, 0.25) is 0 Å². The summed E-state index contributed by atoms with van der Waals surface area (Å²) in [5, 5.41) is 0. The quantitative estimate of drug-likeness (QED) is 0.846. The van der Waals surface area contributed by atoms with Crippen LogP contribution in [0.3, 0.4) is 0 Å². The molecule has 0 saturated heterocycles. The molecule has 21 heavy (non-hydrogen) atoms. The van der Waals surface area contributed by atoms with Crippen molar-refractivity contribution < 1.29 is 9.59 Å². The highest BCUT2D eigenvalue weighted by molar-refractivity contribution is 6.26. The molecule has 0 aliphatic heterocycles. The molecule has 3 rings (SSSR count). The number of ketones is 2. The monoisotopic (exact) mass is 277 g/mol. The number of benzene rings is 1. The van der Waals surface area contributed by atoms with Crippen molar-refractivity contribution in [3.63, 3.8) is 0 Å². The molecule has 1 aliphatic carbocycles. The first-order valence-electron chi connectivity index (χ1n) is 6.87. The van der Waals surface area contributed by atoms with Gasteiger partial charge in [-0.2, -0.15) is 0 Å². The van der Waals surface area contributed by atoms with E-state index in [2.05, 4.69) is 4.98 Å². The third kappa shape index (κ3) is 2.31. The molecule has 3 nitrogen and oxygen atoms in total. The number of fused-ring (bicyclic) bond motifs is 1. The lowest BCUT2D eigenvalue weighted by Crippen LogP contribution is -2.22. The van der Waals surface area contributed by atoms with E-state index < -0.39 is 0 Å². The van der Waals surface area contributed by atoms with Crippen molar-refractivity contribution in [3.05, 3.63) is 76.1 Å². The second kappa shape index (κ2) is 5.09. The Kier molecular flexibility index (Phi) is 3.26. The lowest BCUT2D eigenvalue weighted by atomic mass is 9.83. The van der Waals surface area contributed by atoms with Gasteiger partial charge in [-0.25, -0.2) is 0 Å². The number of pyridine rings is 1. The zero-order valence-corrected chi connectivity index (χ0v) is 12.0. The van der Waals surface area contributed by atoms with E-state index >= 15 is 0 Å². The van der Waals surface area contributed by atoms with Crippen LogP contribution in [0.2, 0.25) is 0 Å². The van der Waals surface area contributed by atoms with Crippen molar-refractivity contribution in [1.82, 2.24) is 4.98 Å². The zero-order valence-electron chi connectivity index (χ0n) is 12.0. The summed E-state index contributed by atoms with van der Waals surface area (Å²) < 4.78 is 0. The smallest absolute Gasteiger partial charge is 0.190 e. The highest BCUT2D eigenvalue weighted by Gasteiger charge is 2.29. The molecule has 1 heterocycles. The number of rotatable bonds is 2. The molecule has 3 heteroatoms. The third-order valence-electron chi connectivity index (χ3n) is 3.81. The molecule has 0 fully saturated rings. The molecule has 0 amide bonds. The van der Waals surface area contributed by atoms with Gasteiger partial charge >= 0.3 is 0 Å². The van der Waals surface area contributed by atoms with Crippen molar-refractivity contribution in [2.24, 2.45) is 0 Å². The Morgan fingerprint density at radius 2 is 1.57 bits per heavy atom. The van der Waals surface area contributed by atoms with E-state index in [0.717, 1.165) is 11.3 Å². The van der Waals surface area contributed by atoms with Crippen LogP contribution in [-0.4, -0.2) is 16.6 Å². The molecule has 2 aromatic rings. The summed E-state index contributed by atoms with van der Waals surface area (Å²) in [6.07, 6.45) is 2.17. The molecule has 0 atom stereocenters. The summed E-state index contributed by atoms with van der Waals surface area (Å²) in [6.45, 7) is 3.69. The molecule has 0 bridgehead atoms. The minimum absolute atomic E-state index is 0.0627. The number of hydrogen-bond donors (Lipinski definition) is 0. The van der Waals surface area contributed by atoms with Crippen LogP contribution >= 0.6 is 0 Å². The second-order valence-corrected chi connectivity index (χ2v) is 5.31. The minimum atomic E-state index is -0.0647. The predicted molar refractivity (Wildman–Crippen MR) is 80.5 cm³/mol. The van der Waals surface area contributed by atoms with Crippen LogP contribution in [0, 0.1) is 6.92 Å². The summed E-state index contributed by atoms with van der Waals surface area (Å²) in [5.74, 6) is -0.127. The molecule has 1 aliphatic rings. The standard InChI is InChI=1S/C18H15NO2/c1-11-7-8-13(19-10-11)9-16-12(2)17(20)14-5-3-4-6-15(14)18(16)21/h3-8,10H,9H2,1-2H3. The maximum atomic E-state index is 12.6. The first-order chi connectivity index (χ1) is 10.1. The summed E-state index contributed by atoms with van der Waals surface area (Å²) in [5.41, 5.74) is 3.95. The molecule has 0 unspecified atom stereocenters. The first-order valence-corrected chi connectivity index (χ1v) is 6.87. The Balaban J connectivity index is 2.02. The minimum Gasteiger partial charge on any atom is -0.289 e. The van der Waals surface area contributed by atoms with E-state index in [0.29, 0.717) is 28.7 Å². The van der Waals surface area contributed by atoms with Crippen molar-refractivity contribution >= 4 is 11.6 Å². The Hall–Kier alpha value is -2.55. The van der Waals surface area contributed by atoms with Crippen molar-refractivity contribution in [3.8, 4) is 0 Å². The lowest BCUT2D eigenvalue weighted by Gasteiger charge is -2.18. The van der Waals surface area contributed by atoms with E-state index in [4.69, 9.17) is 0 Å². The van der Waals surface area contributed by atoms with Crippen molar-refractivity contribution in [1.29, 1.82) is 0 Å². The lowest BCUT2D eigenvalue weighted by molar-refractivity contribution is 0.0973. The zero-order chi connectivity index (χ0) is 15.0. The Bertz CT molecular complexity index is 770. The number of aromatic nitrogens is 1. The fourth-order valence-electron chi connectivity index (χ4n) is 2.55. The summed E-state index contributed by atoms with van der Waals surface area (Å²) in [7, 11) is 0.